The number of aliphatic imine (C=N–C) groups is 1. The standard InChI is InChI=1S/C5H6Cl2N2/c6-4-3-5(7,8)1-2-9-4/h1-2H,3,8H2. The summed E-state index contributed by atoms with van der Waals surface area (Å²) in [6, 6.07) is 0. The van der Waals surface area contributed by atoms with E-state index in [0.717, 1.165) is 0 Å². The summed E-state index contributed by atoms with van der Waals surface area (Å²) in [7, 11) is 0. The number of nitrogens with zero attached hydrogens (tertiary/aromatic N) is 1. The van der Waals surface area contributed by atoms with Gasteiger partial charge in [0.05, 0.1) is 0 Å². The lowest BCUT2D eigenvalue weighted by Gasteiger charge is -2.17. The van der Waals surface area contributed by atoms with Crippen LogP contribution in [0.3, 0.4) is 0 Å². The van der Waals surface area contributed by atoms with E-state index in [1.165, 1.54) is 6.20 Å². The van der Waals surface area contributed by atoms with Gasteiger partial charge in [0.25, 0.3) is 0 Å². The van der Waals surface area contributed by atoms with Gasteiger partial charge in [0, 0.05) is 12.6 Å². The lowest BCUT2D eigenvalue weighted by atomic mass is 10.2. The molecule has 1 atom stereocenters. The molecule has 0 aromatic heterocycles. The molecule has 2 N–H and O–H groups in total. The van der Waals surface area contributed by atoms with Gasteiger partial charge in [-0.1, -0.05) is 23.2 Å². The van der Waals surface area contributed by atoms with E-state index in [4.69, 9.17) is 28.9 Å². The van der Waals surface area contributed by atoms with Crippen LogP contribution in [0.4, 0.5) is 0 Å². The van der Waals surface area contributed by atoms with Crippen molar-refractivity contribution in [3.8, 4) is 0 Å². The van der Waals surface area contributed by atoms with Crippen molar-refractivity contribution in [2.24, 2.45) is 10.7 Å². The number of hydrogen-bond donors (Lipinski definition) is 1. The fourth-order valence-electron chi connectivity index (χ4n) is 0.570. The van der Waals surface area contributed by atoms with Crippen molar-refractivity contribution in [2.75, 3.05) is 0 Å². The van der Waals surface area contributed by atoms with Crippen LogP contribution in [-0.4, -0.2) is 10.2 Å². The molecule has 1 heterocycles. The van der Waals surface area contributed by atoms with Gasteiger partial charge in [-0.15, -0.1) is 0 Å². The number of hydrogen-bond acceptors (Lipinski definition) is 2. The topological polar surface area (TPSA) is 38.4 Å². The largest absolute Gasteiger partial charge is 0.309 e. The minimum atomic E-state index is -0.821. The second kappa shape index (κ2) is 2.29. The first-order valence-corrected chi connectivity index (χ1v) is 3.23. The molecule has 1 rings (SSSR count). The van der Waals surface area contributed by atoms with E-state index in [2.05, 4.69) is 4.99 Å². The number of nitrogens with two attached hydrogens (primary N) is 1. The van der Waals surface area contributed by atoms with E-state index in [1.807, 2.05) is 0 Å². The molecule has 1 unspecified atom stereocenters. The molecule has 0 saturated heterocycles. The molecule has 1 aliphatic heterocycles. The summed E-state index contributed by atoms with van der Waals surface area (Å²) in [5.74, 6) is 0. The van der Waals surface area contributed by atoms with E-state index < -0.39 is 5.00 Å². The van der Waals surface area contributed by atoms with Gasteiger partial charge in [-0.3, -0.25) is 0 Å². The lowest BCUT2D eigenvalue weighted by Crippen LogP contribution is -2.33. The van der Waals surface area contributed by atoms with Crippen molar-refractivity contribution in [1.82, 2.24) is 0 Å². The summed E-state index contributed by atoms with van der Waals surface area (Å²) in [5, 5.41) is 0.454. The van der Waals surface area contributed by atoms with Gasteiger partial charge in [0.2, 0.25) is 0 Å². The summed E-state index contributed by atoms with van der Waals surface area (Å²) < 4.78 is 0. The minimum Gasteiger partial charge on any atom is -0.309 e. The summed E-state index contributed by atoms with van der Waals surface area (Å²) in [6.07, 6.45) is 3.53. The molecular formula is C5H6Cl2N2. The zero-order valence-corrected chi connectivity index (χ0v) is 6.15. The van der Waals surface area contributed by atoms with Crippen LogP contribution < -0.4 is 5.73 Å². The normalized spacial score (nSPS) is 34.3. The van der Waals surface area contributed by atoms with Crippen LogP contribution in [0.2, 0.25) is 0 Å². The van der Waals surface area contributed by atoms with Crippen molar-refractivity contribution in [3.05, 3.63) is 12.3 Å². The fourth-order valence-corrected chi connectivity index (χ4v) is 1.10. The second-order valence-corrected chi connectivity index (χ2v) is 3.06. The van der Waals surface area contributed by atoms with Crippen molar-refractivity contribution < 1.29 is 0 Å². The molecule has 0 bridgehead atoms. The van der Waals surface area contributed by atoms with Crippen LogP contribution in [0.15, 0.2) is 17.3 Å². The molecule has 4 heteroatoms. The van der Waals surface area contributed by atoms with Gasteiger partial charge >= 0.3 is 0 Å². The predicted octanol–water partition coefficient (Wildman–Crippen LogP) is 1.43. The highest BCUT2D eigenvalue weighted by molar-refractivity contribution is 6.66. The highest BCUT2D eigenvalue weighted by Crippen LogP contribution is 2.20. The molecule has 0 aromatic rings. The Bertz CT molecular complexity index is 172. The maximum atomic E-state index is 5.69. The van der Waals surface area contributed by atoms with Crippen molar-refractivity contribution in [2.45, 2.75) is 11.4 Å². The van der Waals surface area contributed by atoms with Crippen LogP contribution in [0, 0.1) is 0 Å². The second-order valence-electron chi connectivity index (χ2n) is 1.92. The van der Waals surface area contributed by atoms with Crippen LogP contribution in [0.5, 0.6) is 0 Å². The van der Waals surface area contributed by atoms with Gasteiger partial charge in [-0.25, -0.2) is 4.99 Å². The highest BCUT2D eigenvalue weighted by Gasteiger charge is 2.21. The van der Waals surface area contributed by atoms with Crippen molar-refractivity contribution >= 4 is 28.4 Å². The summed E-state index contributed by atoms with van der Waals surface area (Å²) in [6.45, 7) is 0. The molecule has 0 spiro atoms. The number of rotatable bonds is 0. The Morgan fingerprint density at radius 3 is 2.78 bits per heavy atom. The molecule has 0 aromatic carbocycles. The maximum absolute atomic E-state index is 5.69. The molecule has 0 radical (unpaired) electrons. The van der Waals surface area contributed by atoms with Gasteiger partial charge in [0.1, 0.15) is 10.2 Å². The Labute approximate surface area is 63.3 Å². The Hall–Kier alpha value is -0.0500. The highest BCUT2D eigenvalue weighted by atomic mass is 35.5. The zero-order valence-electron chi connectivity index (χ0n) is 4.64. The molecule has 0 aliphatic carbocycles. The van der Waals surface area contributed by atoms with Gasteiger partial charge in [-0.05, 0) is 6.08 Å². The van der Waals surface area contributed by atoms with Crippen LogP contribution in [-0.2, 0) is 0 Å². The maximum Gasteiger partial charge on any atom is 0.118 e. The molecule has 0 fully saturated rings. The molecule has 50 valence electrons. The lowest BCUT2D eigenvalue weighted by molar-refractivity contribution is 0.766. The monoisotopic (exact) mass is 164 g/mol. The Kier molecular flexibility index (Phi) is 1.80. The first-order chi connectivity index (χ1) is 4.10. The number of alkyl halides is 1. The molecular weight excluding hydrogens is 159 g/mol. The van der Waals surface area contributed by atoms with E-state index in [-0.39, 0.29) is 0 Å². The molecule has 0 saturated carbocycles. The fraction of sp³-hybridized carbons (Fsp3) is 0.400. The third-order valence-electron chi connectivity index (χ3n) is 0.983. The summed E-state index contributed by atoms with van der Waals surface area (Å²) in [5.41, 5.74) is 5.48. The third kappa shape index (κ3) is 1.97. The molecule has 1 aliphatic rings. The zero-order chi connectivity index (χ0) is 6.91. The van der Waals surface area contributed by atoms with E-state index >= 15 is 0 Å². The van der Waals surface area contributed by atoms with Crippen molar-refractivity contribution in [1.29, 1.82) is 0 Å². The third-order valence-corrected chi connectivity index (χ3v) is 1.47. The predicted molar refractivity (Wildman–Crippen MR) is 39.8 cm³/mol. The Morgan fingerprint density at radius 1 is 1.78 bits per heavy atom. The summed E-state index contributed by atoms with van der Waals surface area (Å²) in [4.78, 5) is 2.94. The van der Waals surface area contributed by atoms with E-state index in [9.17, 15) is 0 Å². The first kappa shape index (κ1) is 7.06. The van der Waals surface area contributed by atoms with E-state index in [1.54, 1.807) is 6.08 Å². The minimum absolute atomic E-state index is 0.409. The smallest absolute Gasteiger partial charge is 0.118 e. The van der Waals surface area contributed by atoms with Crippen LogP contribution in [0.1, 0.15) is 6.42 Å². The SMILES string of the molecule is NC1(Cl)C=CN=C(Cl)C1. The average Bonchev–Trinajstić information content (AvgIpc) is 1.60. The van der Waals surface area contributed by atoms with Gasteiger partial charge in [0.15, 0.2) is 0 Å². The van der Waals surface area contributed by atoms with E-state index in [0.29, 0.717) is 11.6 Å². The van der Waals surface area contributed by atoms with Crippen molar-refractivity contribution in [3.63, 3.8) is 0 Å². The quantitative estimate of drug-likeness (QED) is 0.428. The molecule has 2 nitrogen and oxygen atoms in total. The number of halogens is 2. The summed E-state index contributed by atoms with van der Waals surface area (Å²) >= 11 is 11.2. The first-order valence-electron chi connectivity index (χ1n) is 2.48. The van der Waals surface area contributed by atoms with Crippen LogP contribution >= 0.6 is 23.2 Å². The Morgan fingerprint density at radius 2 is 2.44 bits per heavy atom. The van der Waals surface area contributed by atoms with Crippen LogP contribution in [0.25, 0.3) is 0 Å². The Balaban J connectivity index is 2.73. The molecule has 9 heavy (non-hydrogen) atoms. The molecule has 0 amide bonds. The average molecular weight is 165 g/mol. The van der Waals surface area contributed by atoms with Gasteiger partial charge < -0.3 is 5.73 Å². The van der Waals surface area contributed by atoms with Gasteiger partial charge in [-0.2, -0.15) is 0 Å².